The van der Waals surface area contributed by atoms with Crippen molar-refractivity contribution in [3.63, 3.8) is 0 Å². The average molecular weight is 218 g/mol. The summed E-state index contributed by atoms with van der Waals surface area (Å²) < 4.78 is 7.34. The van der Waals surface area contributed by atoms with E-state index in [0.29, 0.717) is 12.5 Å². The topological polar surface area (TPSA) is 39.9 Å². The smallest absolute Gasteiger partial charge is 0.147 e. The number of ether oxygens (including phenoxy) is 1. The zero-order valence-corrected chi connectivity index (χ0v) is 9.20. The molecule has 4 nitrogen and oxygen atoms in total. The van der Waals surface area contributed by atoms with Gasteiger partial charge in [-0.25, -0.2) is 0 Å². The first-order chi connectivity index (χ1) is 6.88. The second kappa shape index (κ2) is 6.79. The molecule has 1 aromatic rings. The molecule has 1 aromatic heterocycles. The number of hydrogen-bond donors (Lipinski definition) is 0. The third-order valence-electron chi connectivity index (χ3n) is 1.93. The fourth-order valence-corrected chi connectivity index (χ4v) is 1.29. The number of alkyl halides is 1. The standard InChI is InChI=1S/C9H16ClN3O/c1-2-3-5-14-6-4-13-8-11-12-9(13)7-10/h8H,2-7H2,1H3. The second-order valence-corrected chi connectivity index (χ2v) is 3.31. The molecule has 0 bridgehead atoms. The van der Waals surface area contributed by atoms with Gasteiger partial charge in [-0.1, -0.05) is 13.3 Å². The van der Waals surface area contributed by atoms with Gasteiger partial charge in [-0.15, -0.1) is 21.8 Å². The van der Waals surface area contributed by atoms with Crippen LogP contribution < -0.4 is 0 Å². The molecule has 80 valence electrons. The van der Waals surface area contributed by atoms with Gasteiger partial charge < -0.3 is 9.30 Å². The van der Waals surface area contributed by atoms with Crippen molar-refractivity contribution >= 4 is 11.6 Å². The van der Waals surface area contributed by atoms with Crippen LogP contribution in [0.2, 0.25) is 0 Å². The highest BCUT2D eigenvalue weighted by molar-refractivity contribution is 6.16. The summed E-state index contributed by atoms with van der Waals surface area (Å²) in [6, 6.07) is 0. The van der Waals surface area contributed by atoms with E-state index < -0.39 is 0 Å². The molecule has 0 aromatic carbocycles. The molecule has 0 aliphatic heterocycles. The van der Waals surface area contributed by atoms with Crippen LogP contribution in [0.4, 0.5) is 0 Å². The number of halogens is 1. The largest absolute Gasteiger partial charge is 0.380 e. The fraction of sp³-hybridized carbons (Fsp3) is 0.778. The molecule has 0 aliphatic carbocycles. The summed E-state index contributed by atoms with van der Waals surface area (Å²) in [6.07, 6.45) is 3.96. The maximum Gasteiger partial charge on any atom is 0.147 e. The van der Waals surface area contributed by atoms with Crippen LogP contribution in [0.1, 0.15) is 25.6 Å². The van der Waals surface area contributed by atoms with E-state index in [1.165, 1.54) is 6.42 Å². The molecule has 14 heavy (non-hydrogen) atoms. The minimum absolute atomic E-state index is 0.398. The Morgan fingerprint density at radius 2 is 2.36 bits per heavy atom. The molecule has 0 saturated carbocycles. The summed E-state index contributed by atoms with van der Waals surface area (Å²) in [6.45, 7) is 4.45. The first kappa shape index (κ1) is 11.5. The monoisotopic (exact) mass is 217 g/mol. The van der Waals surface area contributed by atoms with Crippen molar-refractivity contribution in [1.82, 2.24) is 14.8 Å². The molecule has 1 heterocycles. The van der Waals surface area contributed by atoms with E-state index in [2.05, 4.69) is 17.1 Å². The molecule has 0 unspecified atom stereocenters. The van der Waals surface area contributed by atoms with Crippen molar-refractivity contribution in [2.45, 2.75) is 32.2 Å². The van der Waals surface area contributed by atoms with Crippen molar-refractivity contribution in [1.29, 1.82) is 0 Å². The first-order valence-electron chi connectivity index (χ1n) is 4.89. The molecule has 1 rings (SSSR count). The number of nitrogens with zero attached hydrogens (tertiary/aromatic N) is 3. The Labute approximate surface area is 89.2 Å². The predicted molar refractivity (Wildman–Crippen MR) is 55.3 cm³/mol. The molecule has 0 radical (unpaired) electrons. The quantitative estimate of drug-likeness (QED) is 0.517. The highest BCUT2D eigenvalue weighted by atomic mass is 35.5. The summed E-state index contributed by atoms with van der Waals surface area (Å²) in [5.74, 6) is 1.19. The Bertz CT molecular complexity index is 252. The van der Waals surface area contributed by atoms with Crippen LogP contribution in [0.15, 0.2) is 6.33 Å². The van der Waals surface area contributed by atoms with E-state index in [4.69, 9.17) is 16.3 Å². The van der Waals surface area contributed by atoms with E-state index >= 15 is 0 Å². The molecular weight excluding hydrogens is 202 g/mol. The van der Waals surface area contributed by atoms with Gasteiger partial charge in [-0.2, -0.15) is 0 Å². The molecule has 5 heteroatoms. The minimum Gasteiger partial charge on any atom is -0.380 e. The SMILES string of the molecule is CCCCOCCn1cnnc1CCl. The molecule has 0 amide bonds. The minimum atomic E-state index is 0.398. The Morgan fingerprint density at radius 1 is 1.50 bits per heavy atom. The fourth-order valence-electron chi connectivity index (χ4n) is 1.08. The Kier molecular flexibility index (Phi) is 5.56. The van der Waals surface area contributed by atoms with Gasteiger partial charge in [0.1, 0.15) is 12.2 Å². The average Bonchev–Trinajstić information content (AvgIpc) is 2.65. The predicted octanol–water partition coefficient (Wildman–Crippen LogP) is 1.83. The van der Waals surface area contributed by atoms with Crippen molar-refractivity contribution in [3.05, 3.63) is 12.2 Å². The van der Waals surface area contributed by atoms with Gasteiger partial charge in [0.15, 0.2) is 0 Å². The third kappa shape index (κ3) is 3.64. The van der Waals surface area contributed by atoms with Crippen LogP contribution in [0.25, 0.3) is 0 Å². The Hall–Kier alpha value is -0.610. The van der Waals surface area contributed by atoms with Crippen molar-refractivity contribution in [2.75, 3.05) is 13.2 Å². The molecule has 0 saturated heterocycles. The van der Waals surface area contributed by atoms with E-state index in [9.17, 15) is 0 Å². The molecule has 0 spiro atoms. The first-order valence-corrected chi connectivity index (χ1v) is 5.42. The van der Waals surface area contributed by atoms with E-state index in [1.807, 2.05) is 4.57 Å². The number of aromatic nitrogens is 3. The van der Waals surface area contributed by atoms with Gasteiger partial charge in [0.05, 0.1) is 12.5 Å². The van der Waals surface area contributed by atoms with Gasteiger partial charge in [0.2, 0.25) is 0 Å². The van der Waals surface area contributed by atoms with Crippen molar-refractivity contribution in [2.24, 2.45) is 0 Å². The van der Waals surface area contributed by atoms with Crippen LogP contribution in [-0.4, -0.2) is 28.0 Å². The maximum absolute atomic E-state index is 5.67. The van der Waals surface area contributed by atoms with E-state index in [1.54, 1.807) is 6.33 Å². The lowest BCUT2D eigenvalue weighted by molar-refractivity contribution is 0.123. The maximum atomic E-state index is 5.67. The zero-order chi connectivity index (χ0) is 10.2. The lowest BCUT2D eigenvalue weighted by Crippen LogP contribution is -2.08. The molecule has 0 N–H and O–H groups in total. The van der Waals surface area contributed by atoms with Gasteiger partial charge in [-0.05, 0) is 6.42 Å². The van der Waals surface area contributed by atoms with Gasteiger partial charge in [0.25, 0.3) is 0 Å². The molecule has 0 fully saturated rings. The number of hydrogen-bond acceptors (Lipinski definition) is 3. The van der Waals surface area contributed by atoms with Crippen LogP contribution in [-0.2, 0) is 17.2 Å². The summed E-state index contributed by atoms with van der Waals surface area (Å²) >= 11 is 5.67. The highest BCUT2D eigenvalue weighted by Crippen LogP contribution is 1.99. The van der Waals surface area contributed by atoms with E-state index in [-0.39, 0.29) is 0 Å². The summed E-state index contributed by atoms with van der Waals surface area (Å²) in [5.41, 5.74) is 0. The number of unbranched alkanes of at least 4 members (excludes halogenated alkanes) is 1. The Balaban J connectivity index is 2.17. The van der Waals surface area contributed by atoms with Gasteiger partial charge >= 0.3 is 0 Å². The van der Waals surface area contributed by atoms with Gasteiger partial charge in [0, 0.05) is 13.2 Å². The normalized spacial score (nSPS) is 10.7. The van der Waals surface area contributed by atoms with Crippen LogP contribution >= 0.6 is 11.6 Å². The van der Waals surface area contributed by atoms with Crippen molar-refractivity contribution < 1.29 is 4.74 Å². The van der Waals surface area contributed by atoms with Crippen LogP contribution in [0.3, 0.4) is 0 Å². The van der Waals surface area contributed by atoms with Crippen LogP contribution in [0.5, 0.6) is 0 Å². The highest BCUT2D eigenvalue weighted by Gasteiger charge is 2.01. The molecule has 0 aliphatic rings. The summed E-state index contributed by atoms with van der Waals surface area (Å²) in [5, 5.41) is 7.66. The Morgan fingerprint density at radius 3 is 3.07 bits per heavy atom. The third-order valence-corrected chi connectivity index (χ3v) is 2.17. The van der Waals surface area contributed by atoms with Crippen LogP contribution in [0, 0.1) is 0 Å². The lowest BCUT2D eigenvalue weighted by Gasteiger charge is -2.05. The van der Waals surface area contributed by atoms with Crippen molar-refractivity contribution in [3.8, 4) is 0 Å². The number of rotatable bonds is 7. The lowest BCUT2D eigenvalue weighted by atomic mass is 10.4. The molecular formula is C9H16ClN3O. The molecule has 0 atom stereocenters. The van der Waals surface area contributed by atoms with E-state index in [0.717, 1.165) is 25.4 Å². The summed E-state index contributed by atoms with van der Waals surface area (Å²) in [7, 11) is 0. The second-order valence-electron chi connectivity index (χ2n) is 3.04. The summed E-state index contributed by atoms with van der Waals surface area (Å²) in [4.78, 5) is 0. The zero-order valence-electron chi connectivity index (χ0n) is 8.45. The van der Waals surface area contributed by atoms with Gasteiger partial charge in [-0.3, -0.25) is 0 Å².